The molecule has 1 heterocycles. The summed E-state index contributed by atoms with van der Waals surface area (Å²) in [6, 6.07) is 20.5. The first kappa shape index (κ1) is 22.3. The maximum Gasteiger partial charge on any atom is 0.416 e. The Morgan fingerprint density at radius 3 is 2.42 bits per heavy atom. The molecule has 0 fully saturated rings. The lowest BCUT2D eigenvalue weighted by atomic mass is 10.0. The first-order valence-corrected chi connectivity index (χ1v) is 10.2. The van der Waals surface area contributed by atoms with E-state index in [9.17, 15) is 18.0 Å². The van der Waals surface area contributed by atoms with Gasteiger partial charge < -0.3 is 9.84 Å². The summed E-state index contributed by atoms with van der Waals surface area (Å²) < 4.78 is 44.6. The molecule has 1 aromatic heterocycles. The fourth-order valence-electron chi connectivity index (χ4n) is 3.32. The van der Waals surface area contributed by atoms with Gasteiger partial charge >= 0.3 is 6.18 Å². The van der Waals surface area contributed by atoms with E-state index >= 15 is 0 Å². The molecule has 168 valence electrons. The van der Waals surface area contributed by atoms with Crippen molar-refractivity contribution in [3.63, 3.8) is 0 Å². The number of aromatic nitrogens is 2. The van der Waals surface area contributed by atoms with E-state index in [1.165, 1.54) is 12.1 Å². The zero-order chi connectivity index (χ0) is 23.4. The number of benzene rings is 3. The second kappa shape index (κ2) is 9.28. The SMILES string of the molecule is Cc1ccc(C(=O)N[C@H](Cc2ccccc2)c2nc(-c3cccc(C(F)(F)F)c3)no2)cc1. The summed E-state index contributed by atoms with van der Waals surface area (Å²) in [5.74, 6) is -0.208. The Balaban J connectivity index is 1.63. The number of alkyl halides is 3. The highest BCUT2D eigenvalue weighted by Gasteiger charge is 2.31. The lowest BCUT2D eigenvalue weighted by Crippen LogP contribution is -2.30. The lowest BCUT2D eigenvalue weighted by molar-refractivity contribution is -0.137. The van der Waals surface area contributed by atoms with Crippen molar-refractivity contribution < 1.29 is 22.5 Å². The van der Waals surface area contributed by atoms with Gasteiger partial charge in [0.15, 0.2) is 0 Å². The highest BCUT2D eigenvalue weighted by Crippen LogP contribution is 2.32. The van der Waals surface area contributed by atoms with Gasteiger partial charge in [0.05, 0.1) is 5.56 Å². The Bertz CT molecular complexity index is 1240. The average Bonchev–Trinajstić information content (AvgIpc) is 3.30. The topological polar surface area (TPSA) is 68.0 Å². The number of halogens is 3. The van der Waals surface area contributed by atoms with Crippen LogP contribution in [0.4, 0.5) is 13.2 Å². The Morgan fingerprint density at radius 2 is 1.73 bits per heavy atom. The monoisotopic (exact) mass is 451 g/mol. The molecular weight excluding hydrogens is 431 g/mol. The van der Waals surface area contributed by atoms with Gasteiger partial charge in [-0.05, 0) is 36.8 Å². The first-order valence-electron chi connectivity index (χ1n) is 10.2. The molecule has 0 radical (unpaired) electrons. The molecule has 33 heavy (non-hydrogen) atoms. The number of carbonyl (C=O) groups is 1. The van der Waals surface area contributed by atoms with Crippen molar-refractivity contribution >= 4 is 5.91 Å². The van der Waals surface area contributed by atoms with Gasteiger partial charge in [-0.1, -0.05) is 65.3 Å². The van der Waals surface area contributed by atoms with Gasteiger partial charge in [0.2, 0.25) is 11.7 Å². The minimum absolute atomic E-state index is 0.0127. The summed E-state index contributed by atoms with van der Waals surface area (Å²) in [6.45, 7) is 1.92. The fraction of sp³-hybridized carbons (Fsp3) is 0.160. The van der Waals surface area contributed by atoms with Gasteiger partial charge in [-0.2, -0.15) is 18.2 Å². The Labute approximate surface area is 188 Å². The van der Waals surface area contributed by atoms with Crippen molar-refractivity contribution in [1.29, 1.82) is 0 Å². The molecule has 0 bridgehead atoms. The van der Waals surface area contributed by atoms with Crippen molar-refractivity contribution in [2.24, 2.45) is 0 Å². The normalized spacial score (nSPS) is 12.4. The molecule has 1 N–H and O–H groups in total. The number of nitrogens with zero attached hydrogens (tertiary/aromatic N) is 2. The molecule has 4 rings (SSSR count). The Hall–Kier alpha value is -3.94. The van der Waals surface area contributed by atoms with Crippen molar-refractivity contribution in [2.75, 3.05) is 0 Å². The van der Waals surface area contributed by atoms with Crippen LogP contribution in [0.15, 0.2) is 83.4 Å². The van der Waals surface area contributed by atoms with Crippen LogP contribution in [0.25, 0.3) is 11.4 Å². The van der Waals surface area contributed by atoms with E-state index in [4.69, 9.17) is 4.52 Å². The summed E-state index contributed by atoms with van der Waals surface area (Å²) in [5.41, 5.74) is 1.78. The molecule has 0 saturated heterocycles. The maximum atomic E-state index is 13.1. The van der Waals surface area contributed by atoms with Crippen LogP contribution in [0.1, 0.15) is 39.0 Å². The maximum absolute atomic E-state index is 13.1. The standard InChI is InChI=1S/C25H20F3N3O2/c1-16-10-12-18(13-11-16)23(32)29-21(14-17-6-3-2-4-7-17)24-30-22(31-33-24)19-8-5-9-20(15-19)25(26,27)28/h2-13,15,21H,14H2,1H3,(H,29,32)/t21-/m1/s1. The molecule has 0 spiro atoms. The number of amides is 1. The van der Waals surface area contributed by atoms with Crippen molar-refractivity contribution in [2.45, 2.75) is 25.6 Å². The molecule has 1 amide bonds. The van der Waals surface area contributed by atoms with Gasteiger partial charge in [-0.25, -0.2) is 0 Å². The average molecular weight is 451 g/mol. The van der Waals surface area contributed by atoms with Crippen molar-refractivity contribution in [3.8, 4) is 11.4 Å². The van der Waals surface area contributed by atoms with E-state index in [1.54, 1.807) is 12.1 Å². The molecule has 5 nitrogen and oxygen atoms in total. The number of nitrogens with one attached hydrogen (secondary N) is 1. The third-order valence-electron chi connectivity index (χ3n) is 5.09. The molecule has 0 saturated carbocycles. The highest BCUT2D eigenvalue weighted by molar-refractivity contribution is 5.94. The van der Waals surface area contributed by atoms with Crippen LogP contribution in [0, 0.1) is 6.92 Å². The van der Waals surface area contributed by atoms with Crippen molar-refractivity contribution in [3.05, 3.63) is 107 Å². The van der Waals surface area contributed by atoms with Crippen LogP contribution < -0.4 is 5.32 Å². The van der Waals surface area contributed by atoms with Crippen LogP contribution in [-0.2, 0) is 12.6 Å². The summed E-state index contributed by atoms with van der Waals surface area (Å²) >= 11 is 0. The van der Waals surface area contributed by atoms with E-state index in [0.717, 1.165) is 23.3 Å². The second-order valence-corrected chi connectivity index (χ2v) is 7.62. The molecule has 0 aliphatic carbocycles. The summed E-state index contributed by atoms with van der Waals surface area (Å²) in [5, 5.41) is 6.76. The molecule has 1 atom stereocenters. The van der Waals surface area contributed by atoms with Crippen LogP contribution in [-0.4, -0.2) is 16.0 Å². The van der Waals surface area contributed by atoms with Crippen LogP contribution in [0.3, 0.4) is 0 Å². The highest BCUT2D eigenvalue weighted by atomic mass is 19.4. The van der Waals surface area contributed by atoms with Crippen LogP contribution >= 0.6 is 0 Å². The molecule has 0 unspecified atom stereocenters. The molecular formula is C25H20F3N3O2. The van der Waals surface area contributed by atoms with Gasteiger partial charge in [0.1, 0.15) is 6.04 Å². The van der Waals surface area contributed by atoms with E-state index in [2.05, 4.69) is 15.5 Å². The number of hydrogen-bond acceptors (Lipinski definition) is 4. The minimum atomic E-state index is -4.49. The van der Waals surface area contributed by atoms with Crippen LogP contribution in [0.5, 0.6) is 0 Å². The molecule has 4 aromatic rings. The Kier molecular flexibility index (Phi) is 6.26. The van der Waals surface area contributed by atoms with Gasteiger partial charge in [0.25, 0.3) is 5.91 Å². The van der Waals surface area contributed by atoms with E-state index in [-0.39, 0.29) is 23.2 Å². The third kappa shape index (κ3) is 5.46. The van der Waals surface area contributed by atoms with Crippen LogP contribution in [0.2, 0.25) is 0 Å². The number of carbonyl (C=O) groups excluding carboxylic acids is 1. The molecule has 8 heteroatoms. The second-order valence-electron chi connectivity index (χ2n) is 7.62. The number of rotatable bonds is 6. The van der Waals surface area contributed by atoms with E-state index in [1.807, 2.05) is 49.4 Å². The third-order valence-corrected chi connectivity index (χ3v) is 5.09. The smallest absolute Gasteiger partial charge is 0.340 e. The summed E-state index contributed by atoms with van der Waals surface area (Å²) in [4.78, 5) is 17.1. The quantitative estimate of drug-likeness (QED) is 0.404. The molecule has 3 aromatic carbocycles. The van der Waals surface area contributed by atoms with E-state index in [0.29, 0.717) is 12.0 Å². The number of aryl methyl sites for hydroxylation is 1. The number of hydrogen-bond donors (Lipinski definition) is 1. The predicted octanol–water partition coefficient (Wildman–Crippen LogP) is 5.78. The van der Waals surface area contributed by atoms with Gasteiger partial charge in [-0.3, -0.25) is 4.79 Å². The lowest BCUT2D eigenvalue weighted by Gasteiger charge is -2.15. The van der Waals surface area contributed by atoms with E-state index < -0.39 is 17.8 Å². The molecule has 0 aliphatic heterocycles. The predicted molar refractivity (Wildman–Crippen MR) is 116 cm³/mol. The first-order chi connectivity index (χ1) is 15.8. The Morgan fingerprint density at radius 1 is 1.00 bits per heavy atom. The fourth-order valence-corrected chi connectivity index (χ4v) is 3.32. The molecule has 0 aliphatic rings. The van der Waals surface area contributed by atoms with Gasteiger partial charge in [0, 0.05) is 17.5 Å². The summed E-state index contributed by atoms with van der Waals surface area (Å²) in [7, 11) is 0. The minimum Gasteiger partial charge on any atom is -0.340 e. The van der Waals surface area contributed by atoms with Gasteiger partial charge in [-0.15, -0.1) is 0 Å². The zero-order valence-electron chi connectivity index (χ0n) is 17.6. The van der Waals surface area contributed by atoms with Crippen molar-refractivity contribution in [1.82, 2.24) is 15.5 Å². The largest absolute Gasteiger partial charge is 0.416 e. The zero-order valence-corrected chi connectivity index (χ0v) is 17.6. The summed E-state index contributed by atoms with van der Waals surface area (Å²) in [6.07, 6.45) is -4.12.